The largest absolute Gasteiger partial charge is 0.480 e. The van der Waals surface area contributed by atoms with Crippen LogP contribution >= 0.6 is 11.8 Å². The van der Waals surface area contributed by atoms with Crippen molar-refractivity contribution < 1.29 is 19.8 Å². The molecule has 84 valence electrons. The third-order valence-corrected chi connectivity index (χ3v) is 3.03. The fourth-order valence-corrected chi connectivity index (χ4v) is 1.89. The Morgan fingerprint density at radius 2 is 1.93 bits per heavy atom. The van der Waals surface area contributed by atoms with E-state index in [1.165, 1.54) is 0 Å². The highest BCUT2D eigenvalue weighted by molar-refractivity contribution is 8.01. The van der Waals surface area contributed by atoms with Crippen molar-refractivity contribution >= 4 is 23.7 Å². The summed E-state index contributed by atoms with van der Waals surface area (Å²) in [6.45, 7) is 0.185. The number of carboxylic acids is 2. The lowest BCUT2D eigenvalue weighted by Gasteiger charge is -2.15. The van der Waals surface area contributed by atoms with E-state index in [4.69, 9.17) is 15.9 Å². The van der Waals surface area contributed by atoms with Gasteiger partial charge in [-0.1, -0.05) is 0 Å². The van der Waals surface area contributed by atoms with Gasteiger partial charge in [-0.2, -0.15) is 0 Å². The Kier molecular flexibility index (Phi) is 3.86. The molecule has 0 fully saturated rings. The van der Waals surface area contributed by atoms with E-state index in [1.807, 2.05) is 0 Å². The number of nitrogens with zero attached hydrogens (tertiary/aromatic N) is 3. The molecule has 9 heteroatoms. The van der Waals surface area contributed by atoms with Crippen LogP contribution in [0.15, 0.2) is 10.4 Å². The first-order valence-corrected chi connectivity index (χ1v) is 5.02. The van der Waals surface area contributed by atoms with E-state index >= 15 is 0 Å². The maximum absolute atomic E-state index is 10.7. The van der Waals surface area contributed by atoms with Gasteiger partial charge >= 0.3 is 11.9 Å². The number of hydrogen-bond donors (Lipinski definition) is 3. The molecular formula is C6H10N4O4S. The molecule has 1 heterocycles. The average Bonchev–Trinajstić information content (AvgIpc) is 2.94. The molecule has 1 unspecified atom stereocenters. The van der Waals surface area contributed by atoms with Gasteiger partial charge in [0.15, 0.2) is 0 Å². The van der Waals surface area contributed by atoms with Crippen LogP contribution in [0.4, 0.5) is 0 Å². The van der Waals surface area contributed by atoms with E-state index in [0.29, 0.717) is 0 Å². The quantitative estimate of drug-likeness (QED) is 0.543. The molecule has 15 heavy (non-hydrogen) atoms. The number of carbonyl (C=O) groups is 2. The molecule has 0 saturated carbocycles. The molecule has 0 radical (unpaired) electrons. The smallest absolute Gasteiger partial charge is 0.341 e. The van der Waals surface area contributed by atoms with Crippen molar-refractivity contribution in [3.63, 3.8) is 0 Å². The molecule has 1 aliphatic heterocycles. The molecular weight excluding hydrogens is 224 g/mol. The van der Waals surface area contributed by atoms with Gasteiger partial charge in [0.2, 0.25) is 5.37 Å². The van der Waals surface area contributed by atoms with Gasteiger partial charge in [-0.15, -0.1) is 16.9 Å². The third kappa shape index (κ3) is 3.36. The number of aliphatic carboxylic acids is 2. The molecule has 0 spiro atoms. The van der Waals surface area contributed by atoms with Gasteiger partial charge in [-0.05, 0) is 23.4 Å². The summed E-state index contributed by atoms with van der Waals surface area (Å²) in [5.41, 5.74) is 5.23. The number of nitrogens with two attached hydrogens (primary N) is 1. The van der Waals surface area contributed by atoms with E-state index in [0.717, 1.165) is 16.9 Å². The number of thioether (sulfide) groups is 1. The zero-order chi connectivity index (χ0) is 11.4. The summed E-state index contributed by atoms with van der Waals surface area (Å²) in [6.07, 6.45) is 0.206. The zero-order valence-electron chi connectivity index (χ0n) is 7.61. The Hall–Kier alpha value is -1.35. The molecule has 0 bridgehead atoms. The maximum atomic E-state index is 10.7. The number of hydrogen-bond acceptors (Lipinski definition) is 7. The van der Waals surface area contributed by atoms with Crippen molar-refractivity contribution in [2.45, 2.75) is 17.0 Å². The molecule has 0 saturated heterocycles. The van der Waals surface area contributed by atoms with Crippen LogP contribution in [-0.4, -0.2) is 44.4 Å². The lowest BCUT2D eigenvalue weighted by atomic mass is 10.3. The standard InChI is InChI=1S/C6H10N4O4S/c7-2-1-3(5(11)12)15-4(6(13)14)10-8-9-10/h3-4H,1-2,7H2,(H,11,12)(H,13,14)/t3?,4-/m0/s1. The predicted molar refractivity (Wildman–Crippen MR) is 50.8 cm³/mol. The van der Waals surface area contributed by atoms with Crippen molar-refractivity contribution in [3.05, 3.63) is 0 Å². The lowest BCUT2D eigenvalue weighted by molar-refractivity contribution is -0.138. The van der Waals surface area contributed by atoms with Crippen molar-refractivity contribution in [3.8, 4) is 0 Å². The van der Waals surface area contributed by atoms with Crippen LogP contribution in [-0.2, 0) is 9.59 Å². The number of carboxylic acid groups (broad SMARTS) is 2. The highest BCUT2D eigenvalue weighted by atomic mass is 32.2. The average molecular weight is 234 g/mol. The van der Waals surface area contributed by atoms with Crippen LogP contribution in [0.1, 0.15) is 6.42 Å². The van der Waals surface area contributed by atoms with Gasteiger partial charge in [0.25, 0.3) is 0 Å². The lowest BCUT2D eigenvalue weighted by Crippen LogP contribution is -2.31. The first-order valence-electron chi connectivity index (χ1n) is 4.08. The predicted octanol–water partition coefficient (Wildman–Crippen LogP) is -0.470. The van der Waals surface area contributed by atoms with E-state index in [9.17, 15) is 9.59 Å². The third-order valence-electron chi connectivity index (χ3n) is 1.61. The summed E-state index contributed by atoms with van der Waals surface area (Å²) in [7, 11) is 0. The van der Waals surface area contributed by atoms with Crippen molar-refractivity contribution in [1.82, 2.24) is 5.12 Å². The Bertz CT molecular complexity index is 291. The zero-order valence-corrected chi connectivity index (χ0v) is 8.42. The van der Waals surface area contributed by atoms with Crippen LogP contribution in [0.3, 0.4) is 0 Å². The van der Waals surface area contributed by atoms with Crippen LogP contribution in [0.5, 0.6) is 0 Å². The van der Waals surface area contributed by atoms with Gasteiger partial charge in [0, 0.05) is 0 Å². The highest BCUT2D eigenvalue weighted by Gasteiger charge is 2.36. The topological polar surface area (TPSA) is 128 Å². The monoisotopic (exact) mass is 234 g/mol. The van der Waals surface area contributed by atoms with E-state index in [2.05, 4.69) is 10.4 Å². The van der Waals surface area contributed by atoms with E-state index in [1.54, 1.807) is 0 Å². The molecule has 0 aromatic heterocycles. The molecule has 8 nitrogen and oxygen atoms in total. The molecule has 1 aliphatic rings. The normalized spacial score (nSPS) is 17.3. The first-order chi connectivity index (χ1) is 7.06. The second kappa shape index (κ2) is 4.94. The van der Waals surface area contributed by atoms with E-state index in [-0.39, 0.29) is 13.0 Å². The molecule has 0 aromatic rings. The highest BCUT2D eigenvalue weighted by Crippen LogP contribution is 2.29. The van der Waals surface area contributed by atoms with Crippen LogP contribution in [0, 0.1) is 0 Å². The number of rotatable bonds is 7. The van der Waals surface area contributed by atoms with Gasteiger partial charge in [0.1, 0.15) is 5.25 Å². The van der Waals surface area contributed by atoms with Crippen LogP contribution < -0.4 is 5.73 Å². The minimum atomic E-state index is -1.17. The Labute approximate surface area is 89.1 Å². The fourth-order valence-electron chi connectivity index (χ4n) is 0.885. The molecule has 0 amide bonds. The Balaban J connectivity index is 2.53. The van der Waals surface area contributed by atoms with Crippen LogP contribution in [0.2, 0.25) is 0 Å². The molecule has 4 N–H and O–H groups in total. The second-order valence-corrected chi connectivity index (χ2v) is 4.02. The first kappa shape index (κ1) is 11.7. The van der Waals surface area contributed by atoms with Gasteiger partial charge in [-0.25, -0.2) is 4.79 Å². The summed E-state index contributed by atoms with van der Waals surface area (Å²) in [5, 5.41) is 23.2. The molecule has 1 rings (SSSR count). The SMILES string of the molecule is NCCC(S[C@@H](C(=O)O)N1N=N1)C(=O)O. The summed E-state index contributed by atoms with van der Waals surface area (Å²) >= 11 is 0.761. The van der Waals surface area contributed by atoms with Crippen LogP contribution in [0.25, 0.3) is 0 Å². The van der Waals surface area contributed by atoms with Gasteiger partial charge in [-0.3, -0.25) is 4.79 Å². The molecule has 2 atom stereocenters. The fraction of sp³-hybridized carbons (Fsp3) is 0.667. The van der Waals surface area contributed by atoms with Crippen molar-refractivity contribution in [1.29, 1.82) is 0 Å². The van der Waals surface area contributed by atoms with Crippen molar-refractivity contribution in [2.24, 2.45) is 16.2 Å². The van der Waals surface area contributed by atoms with Gasteiger partial charge in [0.05, 0.1) is 0 Å². The minimum absolute atomic E-state index is 0.185. The molecule has 0 aromatic carbocycles. The maximum Gasteiger partial charge on any atom is 0.341 e. The summed E-state index contributed by atoms with van der Waals surface area (Å²) in [4.78, 5) is 21.5. The summed E-state index contributed by atoms with van der Waals surface area (Å²) in [5.74, 6) is -2.26. The van der Waals surface area contributed by atoms with Gasteiger partial charge < -0.3 is 15.9 Å². The molecule has 0 aliphatic carbocycles. The minimum Gasteiger partial charge on any atom is -0.480 e. The van der Waals surface area contributed by atoms with E-state index < -0.39 is 22.6 Å². The summed E-state index contributed by atoms with van der Waals surface area (Å²) in [6, 6.07) is 0. The summed E-state index contributed by atoms with van der Waals surface area (Å²) < 4.78 is 0. The Morgan fingerprint density at radius 3 is 2.27 bits per heavy atom. The van der Waals surface area contributed by atoms with Crippen molar-refractivity contribution in [2.75, 3.05) is 6.54 Å². The second-order valence-electron chi connectivity index (χ2n) is 2.73. The Morgan fingerprint density at radius 1 is 1.33 bits per heavy atom.